The van der Waals surface area contributed by atoms with E-state index in [1.54, 1.807) is 18.7 Å². The zero-order valence-electron chi connectivity index (χ0n) is 17.5. The van der Waals surface area contributed by atoms with Gasteiger partial charge in [0.1, 0.15) is 5.75 Å². The van der Waals surface area contributed by atoms with E-state index in [1.807, 2.05) is 61.5 Å². The number of carbonyl (C=O) groups excluding carboxylic acids is 1. The van der Waals surface area contributed by atoms with Gasteiger partial charge in [-0.2, -0.15) is 9.78 Å². The number of ether oxygens (including phenoxy) is 2. The van der Waals surface area contributed by atoms with Gasteiger partial charge in [-0.3, -0.25) is 0 Å². The van der Waals surface area contributed by atoms with Crippen LogP contribution in [0.15, 0.2) is 64.4 Å². The minimum Gasteiger partial charge on any atom is -0.497 e. The molecule has 4 rings (SSSR count). The van der Waals surface area contributed by atoms with Gasteiger partial charge in [0, 0.05) is 11.3 Å². The van der Waals surface area contributed by atoms with Crippen molar-refractivity contribution < 1.29 is 14.3 Å². The molecule has 1 aromatic heterocycles. The van der Waals surface area contributed by atoms with Crippen molar-refractivity contribution in [1.82, 2.24) is 14.9 Å². The summed E-state index contributed by atoms with van der Waals surface area (Å²) in [6.07, 6.45) is 1.83. The van der Waals surface area contributed by atoms with E-state index in [4.69, 9.17) is 14.6 Å². The van der Waals surface area contributed by atoms with E-state index < -0.39 is 5.97 Å². The highest BCUT2D eigenvalue weighted by molar-refractivity contribution is 7.99. The highest BCUT2D eigenvalue weighted by Gasteiger charge is 2.25. The zero-order chi connectivity index (χ0) is 21.8. The molecule has 7 nitrogen and oxygen atoms in total. The second kappa shape index (κ2) is 9.18. The number of thioether (sulfide) groups is 1. The maximum Gasteiger partial charge on any atom is 0.340 e. The predicted octanol–water partition coefficient (Wildman–Crippen LogP) is 4.22. The second-order valence-electron chi connectivity index (χ2n) is 6.87. The minimum absolute atomic E-state index is 0.291. The third-order valence-corrected chi connectivity index (χ3v) is 5.61. The molecule has 0 atom stereocenters. The quantitative estimate of drug-likeness (QED) is 0.427. The average Bonchev–Trinajstić information content (AvgIpc) is 3.21. The van der Waals surface area contributed by atoms with Gasteiger partial charge in [0.2, 0.25) is 5.16 Å². The first-order valence-electron chi connectivity index (χ1n) is 9.85. The Morgan fingerprint density at radius 3 is 2.71 bits per heavy atom. The number of nitrogens with zero attached hydrogens (tertiary/aromatic N) is 4. The van der Waals surface area contributed by atoms with Gasteiger partial charge in [0.25, 0.3) is 0 Å². The third kappa shape index (κ3) is 4.54. The van der Waals surface area contributed by atoms with E-state index in [9.17, 15) is 4.79 Å². The number of carbonyl (C=O) groups is 1. The van der Waals surface area contributed by atoms with Crippen molar-refractivity contribution >= 4 is 29.5 Å². The number of aromatic nitrogens is 3. The van der Waals surface area contributed by atoms with Crippen LogP contribution < -0.4 is 4.74 Å². The first-order chi connectivity index (χ1) is 15.1. The zero-order valence-corrected chi connectivity index (χ0v) is 18.3. The van der Waals surface area contributed by atoms with Crippen LogP contribution in [0.3, 0.4) is 0 Å². The molecule has 0 spiro atoms. The van der Waals surface area contributed by atoms with Crippen LogP contribution in [0.25, 0.3) is 17.5 Å². The smallest absolute Gasteiger partial charge is 0.340 e. The number of rotatable bonds is 6. The van der Waals surface area contributed by atoms with E-state index in [0.717, 1.165) is 22.4 Å². The molecule has 1 aliphatic heterocycles. The highest BCUT2D eigenvalue weighted by Crippen LogP contribution is 2.30. The van der Waals surface area contributed by atoms with E-state index in [1.165, 1.54) is 11.8 Å². The molecule has 0 bridgehead atoms. The standard InChI is InChI=1S/C23H22N4O3S/c1-4-30-22(28)19(13-16-7-5-6-15(2)12-16)20-14-31-23-25-24-21(27(23)26-20)17-8-10-18(29-3)11-9-17/h5-13H,4,14H2,1-3H3/b19-13+. The van der Waals surface area contributed by atoms with Crippen LogP contribution in [0.4, 0.5) is 0 Å². The van der Waals surface area contributed by atoms with Crippen LogP contribution >= 0.6 is 11.8 Å². The summed E-state index contributed by atoms with van der Waals surface area (Å²) in [5.41, 5.74) is 3.93. The maximum absolute atomic E-state index is 12.8. The molecule has 2 heterocycles. The maximum atomic E-state index is 12.8. The fraction of sp³-hybridized carbons (Fsp3) is 0.217. The summed E-state index contributed by atoms with van der Waals surface area (Å²) < 4.78 is 12.2. The molecule has 0 aliphatic carbocycles. The number of esters is 1. The van der Waals surface area contributed by atoms with Crippen molar-refractivity contribution in [2.45, 2.75) is 19.0 Å². The van der Waals surface area contributed by atoms with Gasteiger partial charge in [0.05, 0.1) is 25.0 Å². The predicted molar refractivity (Wildman–Crippen MR) is 121 cm³/mol. The van der Waals surface area contributed by atoms with Crippen LogP contribution in [0, 0.1) is 6.92 Å². The number of aryl methyl sites for hydroxylation is 1. The number of benzene rings is 2. The van der Waals surface area contributed by atoms with Gasteiger partial charge in [-0.1, -0.05) is 41.6 Å². The molecule has 0 fully saturated rings. The lowest BCUT2D eigenvalue weighted by molar-refractivity contribution is -0.137. The largest absolute Gasteiger partial charge is 0.497 e. The van der Waals surface area contributed by atoms with Crippen LogP contribution in [0.2, 0.25) is 0 Å². The normalized spacial score (nSPS) is 13.4. The van der Waals surface area contributed by atoms with Gasteiger partial charge in [-0.05, 0) is 49.8 Å². The number of methoxy groups -OCH3 is 1. The Bertz CT molecular complexity index is 1170. The summed E-state index contributed by atoms with van der Waals surface area (Å²) in [4.78, 5) is 12.8. The van der Waals surface area contributed by atoms with Gasteiger partial charge in [-0.25, -0.2) is 4.79 Å². The van der Waals surface area contributed by atoms with Crippen molar-refractivity contribution in [1.29, 1.82) is 0 Å². The van der Waals surface area contributed by atoms with Gasteiger partial charge < -0.3 is 9.47 Å². The molecule has 0 unspecified atom stereocenters. The van der Waals surface area contributed by atoms with Crippen molar-refractivity contribution in [3.05, 3.63) is 65.2 Å². The number of hydrogen-bond acceptors (Lipinski definition) is 7. The summed E-state index contributed by atoms with van der Waals surface area (Å²) in [7, 11) is 1.62. The molecule has 0 amide bonds. The van der Waals surface area contributed by atoms with Crippen LogP contribution in [0.1, 0.15) is 18.1 Å². The molecular formula is C23H22N4O3S. The van der Waals surface area contributed by atoms with Gasteiger partial charge in [-0.15, -0.1) is 10.2 Å². The van der Waals surface area contributed by atoms with Crippen molar-refractivity contribution in [3.63, 3.8) is 0 Å². The average molecular weight is 435 g/mol. The first kappa shape index (κ1) is 20.9. The van der Waals surface area contributed by atoms with E-state index in [0.29, 0.717) is 34.6 Å². The Labute approximate surface area is 184 Å². The second-order valence-corrected chi connectivity index (χ2v) is 7.82. The Balaban J connectivity index is 1.76. The van der Waals surface area contributed by atoms with Gasteiger partial charge in [0.15, 0.2) is 5.82 Å². The van der Waals surface area contributed by atoms with Crippen molar-refractivity contribution in [2.24, 2.45) is 5.10 Å². The monoisotopic (exact) mass is 434 g/mol. The Kier molecular flexibility index (Phi) is 6.18. The lowest BCUT2D eigenvalue weighted by Crippen LogP contribution is -2.21. The molecule has 2 aromatic carbocycles. The Hall–Kier alpha value is -3.39. The number of hydrogen-bond donors (Lipinski definition) is 0. The van der Waals surface area contributed by atoms with Crippen LogP contribution in [-0.4, -0.2) is 46.0 Å². The Morgan fingerprint density at radius 2 is 2.00 bits per heavy atom. The highest BCUT2D eigenvalue weighted by atomic mass is 32.2. The van der Waals surface area contributed by atoms with Crippen LogP contribution in [0.5, 0.6) is 5.75 Å². The fourth-order valence-corrected chi connectivity index (χ4v) is 4.00. The molecule has 0 saturated heterocycles. The summed E-state index contributed by atoms with van der Waals surface area (Å²) in [5.74, 6) is 1.45. The van der Waals surface area contributed by atoms with E-state index in [2.05, 4.69) is 10.2 Å². The summed E-state index contributed by atoms with van der Waals surface area (Å²) in [6, 6.07) is 15.5. The van der Waals surface area contributed by atoms with Gasteiger partial charge >= 0.3 is 5.97 Å². The van der Waals surface area contributed by atoms with Crippen molar-refractivity contribution in [3.8, 4) is 17.1 Å². The summed E-state index contributed by atoms with van der Waals surface area (Å²) >= 11 is 1.48. The summed E-state index contributed by atoms with van der Waals surface area (Å²) in [5, 5.41) is 14.0. The first-order valence-corrected chi connectivity index (χ1v) is 10.8. The minimum atomic E-state index is -0.397. The third-order valence-electron chi connectivity index (χ3n) is 4.68. The van der Waals surface area contributed by atoms with Crippen molar-refractivity contribution in [2.75, 3.05) is 19.5 Å². The fourth-order valence-electron chi connectivity index (χ4n) is 3.18. The summed E-state index contributed by atoms with van der Waals surface area (Å²) in [6.45, 7) is 4.10. The SMILES string of the molecule is CCOC(=O)/C(=C/c1cccc(C)c1)C1=Nn2c(nnc2-c2ccc(OC)cc2)SC1. The molecule has 8 heteroatoms. The molecular weight excluding hydrogens is 412 g/mol. The molecule has 0 saturated carbocycles. The van der Waals surface area contributed by atoms with Crippen LogP contribution in [-0.2, 0) is 9.53 Å². The molecule has 1 aliphatic rings. The molecule has 31 heavy (non-hydrogen) atoms. The lowest BCUT2D eigenvalue weighted by atomic mass is 10.1. The number of fused-ring (bicyclic) bond motifs is 1. The van der Waals surface area contributed by atoms with E-state index >= 15 is 0 Å². The molecule has 0 N–H and O–H groups in total. The Morgan fingerprint density at radius 1 is 1.19 bits per heavy atom. The molecule has 3 aromatic rings. The molecule has 0 radical (unpaired) electrons. The lowest BCUT2D eigenvalue weighted by Gasteiger charge is -2.16. The topological polar surface area (TPSA) is 78.6 Å². The van der Waals surface area contributed by atoms with E-state index in [-0.39, 0.29) is 0 Å². The molecule has 158 valence electrons.